The molecule has 0 aliphatic heterocycles. The Hall–Kier alpha value is -2.61. The summed E-state index contributed by atoms with van der Waals surface area (Å²) in [5.41, 5.74) is 1.49. The van der Waals surface area contributed by atoms with Crippen molar-refractivity contribution in [3.8, 4) is 11.3 Å². The molecule has 0 unspecified atom stereocenters. The van der Waals surface area contributed by atoms with E-state index in [0.29, 0.717) is 23.6 Å². The second kappa shape index (κ2) is 5.15. The molecule has 0 amide bonds. The molecule has 0 atom stereocenters. The molecule has 1 aromatic carbocycles. The second-order valence-corrected chi connectivity index (χ2v) is 3.45. The normalized spacial score (nSPS) is 9.78. The molecule has 2 rings (SSSR count). The molecule has 0 radical (unpaired) electrons. The van der Waals surface area contributed by atoms with E-state index < -0.39 is 5.97 Å². The number of rotatable bonds is 3. The summed E-state index contributed by atoms with van der Waals surface area (Å²) >= 11 is 0. The smallest absolute Gasteiger partial charge is 0.343 e. The number of benzene rings is 1. The van der Waals surface area contributed by atoms with Crippen molar-refractivity contribution < 1.29 is 14.1 Å². The van der Waals surface area contributed by atoms with Crippen LogP contribution in [0.4, 0.5) is 5.69 Å². The highest BCUT2D eigenvalue weighted by atomic mass is 16.5. The maximum absolute atomic E-state index is 11.7. The van der Waals surface area contributed by atoms with Crippen LogP contribution in [0.2, 0.25) is 0 Å². The zero-order chi connectivity index (χ0) is 13.0. The quantitative estimate of drug-likeness (QED) is 0.613. The highest BCUT2D eigenvalue weighted by Gasteiger charge is 2.18. The van der Waals surface area contributed by atoms with Gasteiger partial charge in [0.15, 0.2) is 11.4 Å². The number of ether oxygens (including phenoxy) is 1. The van der Waals surface area contributed by atoms with E-state index in [4.69, 9.17) is 15.8 Å². The van der Waals surface area contributed by atoms with Gasteiger partial charge in [-0.25, -0.2) is 9.64 Å². The molecule has 18 heavy (non-hydrogen) atoms. The Bertz CT molecular complexity index is 593. The fraction of sp³-hybridized carbons (Fsp3) is 0.154. The Kier molecular flexibility index (Phi) is 3.39. The molecule has 0 bridgehead atoms. The molecule has 0 spiro atoms. The molecule has 0 saturated carbocycles. The average molecular weight is 242 g/mol. The minimum Gasteiger partial charge on any atom is -0.462 e. The summed E-state index contributed by atoms with van der Waals surface area (Å²) in [6.45, 7) is 8.89. The van der Waals surface area contributed by atoms with Gasteiger partial charge in [-0.05, 0) is 6.92 Å². The molecule has 0 fully saturated rings. The Labute approximate surface area is 104 Å². The van der Waals surface area contributed by atoms with Crippen molar-refractivity contribution in [2.75, 3.05) is 6.61 Å². The Morgan fingerprint density at radius 3 is 2.78 bits per heavy atom. The van der Waals surface area contributed by atoms with Crippen LogP contribution in [-0.4, -0.2) is 17.7 Å². The van der Waals surface area contributed by atoms with Crippen LogP contribution < -0.4 is 0 Å². The standard InChI is InChI=1S/C13H10N2O3/c1-3-17-13(16)11-8-15-18-12(11)9-4-6-10(14-2)7-5-9/h4-8H,3H2,1H3. The topological polar surface area (TPSA) is 56.7 Å². The molecular formula is C13H10N2O3. The zero-order valence-corrected chi connectivity index (χ0v) is 9.71. The van der Waals surface area contributed by atoms with Gasteiger partial charge < -0.3 is 9.26 Å². The van der Waals surface area contributed by atoms with Gasteiger partial charge in [-0.2, -0.15) is 0 Å². The van der Waals surface area contributed by atoms with E-state index in [1.807, 2.05) is 0 Å². The van der Waals surface area contributed by atoms with E-state index in [9.17, 15) is 4.79 Å². The molecule has 5 heteroatoms. The molecule has 2 aromatic rings. The highest BCUT2D eigenvalue weighted by molar-refractivity contribution is 5.95. The van der Waals surface area contributed by atoms with Gasteiger partial charge in [0.05, 0.1) is 19.4 Å². The number of carbonyl (C=O) groups is 1. The first-order valence-corrected chi connectivity index (χ1v) is 5.36. The predicted octanol–water partition coefficient (Wildman–Crippen LogP) is 3.07. The molecule has 0 saturated heterocycles. The molecule has 1 aromatic heterocycles. The van der Waals surface area contributed by atoms with Crippen LogP contribution in [0.25, 0.3) is 16.2 Å². The third-order valence-electron chi connectivity index (χ3n) is 2.32. The summed E-state index contributed by atoms with van der Waals surface area (Å²) in [7, 11) is 0. The van der Waals surface area contributed by atoms with Crippen LogP contribution in [0.3, 0.4) is 0 Å². The van der Waals surface area contributed by atoms with E-state index in [-0.39, 0.29) is 5.56 Å². The molecule has 0 aliphatic carbocycles. The lowest BCUT2D eigenvalue weighted by molar-refractivity contribution is 0.0527. The van der Waals surface area contributed by atoms with E-state index in [1.54, 1.807) is 31.2 Å². The van der Waals surface area contributed by atoms with Crippen molar-refractivity contribution in [3.63, 3.8) is 0 Å². The summed E-state index contributed by atoms with van der Waals surface area (Å²) < 4.78 is 9.97. The van der Waals surface area contributed by atoms with Crippen LogP contribution in [0.1, 0.15) is 17.3 Å². The highest BCUT2D eigenvalue weighted by Crippen LogP contribution is 2.26. The average Bonchev–Trinajstić information content (AvgIpc) is 2.88. The minimum atomic E-state index is -0.469. The van der Waals surface area contributed by atoms with Crippen molar-refractivity contribution in [3.05, 3.63) is 47.4 Å². The third-order valence-corrected chi connectivity index (χ3v) is 2.32. The predicted molar refractivity (Wildman–Crippen MR) is 64.2 cm³/mol. The van der Waals surface area contributed by atoms with Gasteiger partial charge in [0.2, 0.25) is 0 Å². The number of hydrogen-bond donors (Lipinski definition) is 0. The maximum Gasteiger partial charge on any atom is 0.343 e. The van der Waals surface area contributed by atoms with Gasteiger partial charge in [0.25, 0.3) is 0 Å². The Morgan fingerprint density at radius 2 is 2.17 bits per heavy atom. The van der Waals surface area contributed by atoms with Crippen molar-refractivity contribution in [2.24, 2.45) is 0 Å². The van der Waals surface area contributed by atoms with Gasteiger partial charge in [0.1, 0.15) is 5.56 Å². The number of hydrogen-bond acceptors (Lipinski definition) is 4. The Balaban J connectivity index is 2.36. The maximum atomic E-state index is 11.7. The molecule has 0 aliphatic rings. The zero-order valence-electron chi connectivity index (χ0n) is 9.71. The Morgan fingerprint density at radius 1 is 1.44 bits per heavy atom. The van der Waals surface area contributed by atoms with E-state index in [0.717, 1.165) is 0 Å². The lowest BCUT2D eigenvalue weighted by atomic mass is 10.1. The number of nitrogens with zero attached hydrogens (tertiary/aromatic N) is 2. The van der Waals surface area contributed by atoms with Crippen LogP contribution in [0.15, 0.2) is 35.0 Å². The van der Waals surface area contributed by atoms with Crippen LogP contribution in [0.5, 0.6) is 0 Å². The largest absolute Gasteiger partial charge is 0.462 e. The summed E-state index contributed by atoms with van der Waals surface area (Å²) in [4.78, 5) is 14.9. The summed E-state index contributed by atoms with van der Waals surface area (Å²) in [5, 5.41) is 3.61. The SMILES string of the molecule is [C-]#[N+]c1ccc(-c2oncc2C(=O)OCC)cc1. The molecule has 5 nitrogen and oxygen atoms in total. The lowest BCUT2D eigenvalue weighted by Crippen LogP contribution is -2.04. The van der Waals surface area contributed by atoms with Gasteiger partial charge in [-0.15, -0.1) is 0 Å². The van der Waals surface area contributed by atoms with Gasteiger partial charge in [-0.3, -0.25) is 0 Å². The van der Waals surface area contributed by atoms with Gasteiger partial charge >= 0.3 is 5.97 Å². The number of aromatic nitrogens is 1. The summed E-state index contributed by atoms with van der Waals surface area (Å²) in [6.07, 6.45) is 1.33. The van der Waals surface area contributed by atoms with Crippen molar-refractivity contribution in [2.45, 2.75) is 6.92 Å². The second-order valence-electron chi connectivity index (χ2n) is 3.45. The van der Waals surface area contributed by atoms with E-state index in [2.05, 4.69) is 10.0 Å². The first kappa shape index (κ1) is 11.9. The van der Waals surface area contributed by atoms with Crippen molar-refractivity contribution in [1.29, 1.82) is 0 Å². The van der Waals surface area contributed by atoms with Gasteiger partial charge in [-0.1, -0.05) is 29.4 Å². The van der Waals surface area contributed by atoms with Crippen molar-refractivity contribution >= 4 is 11.7 Å². The van der Waals surface area contributed by atoms with Crippen LogP contribution in [-0.2, 0) is 4.74 Å². The fourth-order valence-corrected chi connectivity index (χ4v) is 1.49. The minimum absolute atomic E-state index is 0.285. The molecular weight excluding hydrogens is 232 g/mol. The summed E-state index contributed by atoms with van der Waals surface area (Å²) in [5.74, 6) is -0.118. The van der Waals surface area contributed by atoms with E-state index in [1.165, 1.54) is 6.20 Å². The number of esters is 1. The van der Waals surface area contributed by atoms with Gasteiger partial charge in [0, 0.05) is 5.56 Å². The lowest BCUT2D eigenvalue weighted by Gasteiger charge is -2.01. The van der Waals surface area contributed by atoms with E-state index >= 15 is 0 Å². The first-order chi connectivity index (χ1) is 8.76. The van der Waals surface area contributed by atoms with Crippen molar-refractivity contribution in [1.82, 2.24) is 5.16 Å². The fourth-order valence-electron chi connectivity index (χ4n) is 1.49. The molecule has 1 heterocycles. The third kappa shape index (κ3) is 2.23. The number of carbonyl (C=O) groups excluding carboxylic acids is 1. The van der Waals surface area contributed by atoms with Crippen LogP contribution in [0, 0.1) is 6.57 Å². The summed E-state index contributed by atoms with van der Waals surface area (Å²) in [6, 6.07) is 6.72. The first-order valence-electron chi connectivity index (χ1n) is 5.36. The molecule has 0 N–H and O–H groups in total. The van der Waals surface area contributed by atoms with Crippen LogP contribution >= 0.6 is 0 Å². The molecule has 90 valence electrons. The monoisotopic (exact) mass is 242 g/mol.